The SMILES string of the molecule is CCC(C)CCCCCCCCCCCCCCCCC(=O)OC[C@H](COP(=O)(O)OC[C@@H](O)COP(=O)(O)OC[C@@H](COC(=O)CCCCCCCCC(C)CC)OC(=O)CCCCCCCCCCC(C)CC)OC(=O)CCCCCCCCC(C)C. The molecule has 0 aliphatic heterocycles. The Kier molecular flexibility index (Phi) is 58.5. The van der Waals surface area contributed by atoms with Crippen LogP contribution in [0.4, 0.5) is 0 Å². The molecule has 17 nitrogen and oxygen atoms in total. The number of rotatable bonds is 67. The van der Waals surface area contributed by atoms with Gasteiger partial charge in [0.2, 0.25) is 0 Å². The Morgan fingerprint density at radius 3 is 0.798 bits per heavy atom. The van der Waals surface area contributed by atoms with Gasteiger partial charge in [0.1, 0.15) is 19.3 Å². The zero-order valence-corrected chi connectivity index (χ0v) is 59.8. The summed E-state index contributed by atoms with van der Waals surface area (Å²) in [6, 6.07) is 0. The first kappa shape index (κ1) is 87.1. The highest BCUT2D eigenvalue weighted by molar-refractivity contribution is 7.47. The van der Waals surface area contributed by atoms with Crippen LogP contribution in [0.3, 0.4) is 0 Å². The minimum atomic E-state index is -4.95. The number of phosphoric ester groups is 2. The summed E-state index contributed by atoms with van der Waals surface area (Å²) in [7, 11) is -9.90. The molecule has 0 radical (unpaired) electrons. The summed E-state index contributed by atoms with van der Waals surface area (Å²) in [6.45, 7) is 14.1. The molecule has 89 heavy (non-hydrogen) atoms. The molecule has 8 atom stereocenters. The van der Waals surface area contributed by atoms with Gasteiger partial charge in [-0.3, -0.25) is 37.3 Å². The van der Waals surface area contributed by atoms with E-state index in [0.717, 1.165) is 114 Å². The fourth-order valence-corrected chi connectivity index (χ4v) is 12.0. The highest BCUT2D eigenvalue weighted by atomic mass is 31.2. The fraction of sp³-hybridized carbons (Fsp3) is 0.943. The Hall–Kier alpha value is -1.94. The van der Waals surface area contributed by atoms with Crippen molar-refractivity contribution in [2.75, 3.05) is 39.6 Å². The molecule has 5 unspecified atom stereocenters. The van der Waals surface area contributed by atoms with Crippen LogP contribution in [0.2, 0.25) is 0 Å². The van der Waals surface area contributed by atoms with Crippen molar-refractivity contribution in [1.82, 2.24) is 0 Å². The first-order valence-electron chi connectivity index (χ1n) is 36.3. The van der Waals surface area contributed by atoms with Crippen LogP contribution >= 0.6 is 15.6 Å². The largest absolute Gasteiger partial charge is 0.472 e. The molecular formula is C70H136O17P2. The van der Waals surface area contributed by atoms with Gasteiger partial charge in [0.05, 0.1) is 26.4 Å². The maximum Gasteiger partial charge on any atom is 0.472 e. The molecule has 0 bridgehead atoms. The van der Waals surface area contributed by atoms with Crippen molar-refractivity contribution in [3.8, 4) is 0 Å². The van der Waals surface area contributed by atoms with E-state index in [-0.39, 0.29) is 25.7 Å². The average molecular weight is 1310 g/mol. The molecule has 0 aromatic heterocycles. The van der Waals surface area contributed by atoms with Crippen molar-refractivity contribution in [3.63, 3.8) is 0 Å². The van der Waals surface area contributed by atoms with Gasteiger partial charge in [-0.05, 0) is 49.4 Å². The lowest BCUT2D eigenvalue weighted by atomic mass is 9.99. The van der Waals surface area contributed by atoms with E-state index in [2.05, 4.69) is 55.4 Å². The maximum atomic E-state index is 13.0. The van der Waals surface area contributed by atoms with Crippen molar-refractivity contribution >= 4 is 39.5 Å². The van der Waals surface area contributed by atoms with E-state index < -0.39 is 97.5 Å². The van der Waals surface area contributed by atoms with Gasteiger partial charge >= 0.3 is 39.5 Å². The summed E-state index contributed by atoms with van der Waals surface area (Å²) in [4.78, 5) is 72.5. The van der Waals surface area contributed by atoms with Crippen LogP contribution < -0.4 is 0 Å². The third kappa shape index (κ3) is 60.7. The van der Waals surface area contributed by atoms with Crippen molar-refractivity contribution < 1.29 is 80.2 Å². The van der Waals surface area contributed by atoms with Crippen molar-refractivity contribution in [3.05, 3.63) is 0 Å². The predicted octanol–water partition coefficient (Wildman–Crippen LogP) is 19.7. The number of carbonyl (C=O) groups is 4. The Bertz CT molecular complexity index is 1770. The number of carbonyl (C=O) groups excluding carboxylic acids is 4. The third-order valence-electron chi connectivity index (χ3n) is 17.2. The molecule has 0 rings (SSSR count). The van der Waals surface area contributed by atoms with Crippen LogP contribution in [0.15, 0.2) is 0 Å². The topological polar surface area (TPSA) is 237 Å². The normalized spacial score (nSPS) is 15.2. The van der Waals surface area contributed by atoms with Gasteiger partial charge in [-0.25, -0.2) is 9.13 Å². The molecule has 0 fully saturated rings. The molecule has 0 aliphatic rings. The van der Waals surface area contributed by atoms with Crippen LogP contribution in [-0.2, 0) is 65.4 Å². The van der Waals surface area contributed by atoms with Gasteiger partial charge in [0, 0.05) is 25.7 Å². The molecule has 0 saturated heterocycles. The first-order valence-corrected chi connectivity index (χ1v) is 39.3. The minimum absolute atomic E-state index is 0.102. The minimum Gasteiger partial charge on any atom is -0.462 e. The van der Waals surface area contributed by atoms with E-state index >= 15 is 0 Å². The van der Waals surface area contributed by atoms with E-state index in [9.17, 15) is 43.2 Å². The second kappa shape index (κ2) is 59.8. The lowest BCUT2D eigenvalue weighted by molar-refractivity contribution is -0.161. The second-order valence-electron chi connectivity index (χ2n) is 26.5. The van der Waals surface area contributed by atoms with Gasteiger partial charge in [-0.15, -0.1) is 0 Å². The molecular weight excluding hydrogens is 1170 g/mol. The highest BCUT2D eigenvalue weighted by Gasteiger charge is 2.30. The maximum absolute atomic E-state index is 13.0. The van der Waals surface area contributed by atoms with Crippen LogP contribution in [0.5, 0.6) is 0 Å². The predicted molar refractivity (Wildman–Crippen MR) is 358 cm³/mol. The zero-order valence-electron chi connectivity index (χ0n) is 58.1. The quantitative estimate of drug-likeness (QED) is 0.0222. The summed E-state index contributed by atoms with van der Waals surface area (Å²) < 4.78 is 68.2. The van der Waals surface area contributed by atoms with Gasteiger partial charge in [0.15, 0.2) is 12.2 Å². The second-order valence-corrected chi connectivity index (χ2v) is 29.4. The summed E-state index contributed by atoms with van der Waals surface area (Å²) in [5.74, 6) is 0.884. The lowest BCUT2D eigenvalue weighted by Gasteiger charge is -2.21. The molecule has 0 spiro atoms. The number of hydrogen-bond acceptors (Lipinski definition) is 15. The monoisotopic (exact) mass is 1310 g/mol. The van der Waals surface area contributed by atoms with E-state index in [1.54, 1.807) is 0 Å². The number of phosphoric acid groups is 2. The van der Waals surface area contributed by atoms with Crippen molar-refractivity contribution in [2.24, 2.45) is 23.7 Å². The van der Waals surface area contributed by atoms with E-state index in [4.69, 9.17) is 37.0 Å². The van der Waals surface area contributed by atoms with Gasteiger partial charge in [0.25, 0.3) is 0 Å². The van der Waals surface area contributed by atoms with E-state index in [0.29, 0.717) is 31.6 Å². The smallest absolute Gasteiger partial charge is 0.462 e. The summed E-state index contributed by atoms with van der Waals surface area (Å²) in [5.41, 5.74) is 0. The number of ether oxygens (including phenoxy) is 4. The van der Waals surface area contributed by atoms with Gasteiger partial charge < -0.3 is 33.8 Å². The van der Waals surface area contributed by atoms with Crippen LogP contribution in [0.1, 0.15) is 344 Å². The number of esters is 4. The van der Waals surface area contributed by atoms with Crippen LogP contribution in [-0.4, -0.2) is 96.7 Å². The Balaban J connectivity index is 5.19. The van der Waals surface area contributed by atoms with Crippen LogP contribution in [0.25, 0.3) is 0 Å². The van der Waals surface area contributed by atoms with Crippen LogP contribution in [0, 0.1) is 23.7 Å². The van der Waals surface area contributed by atoms with Crippen molar-refractivity contribution in [2.45, 2.75) is 363 Å². The average Bonchev–Trinajstić information content (AvgIpc) is 3.70. The molecule has 0 amide bonds. The summed E-state index contributed by atoms with van der Waals surface area (Å²) in [6.07, 6.45) is 41.8. The molecule has 0 aromatic carbocycles. The van der Waals surface area contributed by atoms with Gasteiger partial charge in [-0.2, -0.15) is 0 Å². The molecule has 528 valence electrons. The highest BCUT2D eigenvalue weighted by Crippen LogP contribution is 2.45. The first-order chi connectivity index (χ1) is 42.7. The summed E-state index contributed by atoms with van der Waals surface area (Å²) >= 11 is 0. The molecule has 0 heterocycles. The lowest BCUT2D eigenvalue weighted by Crippen LogP contribution is -2.30. The number of unbranched alkanes of at least 4 members (excludes halogenated alkanes) is 30. The summed E-state index contributed by atoms with van der Waals surface area (Å²) in [5, 5.41) is 10.6. The Labute approximate surface area is 543 Å². The van der Waals surface area contributed by atoms with E-state index in [1.165, 1.54) is 141 Å². The number of hydrogen-bond donors (Lipinski definition) is 3. The molecule has 19 heteroatoms. The molecule has 0 aromatic rings. The standard InChI is InChI=1S/C70H136O17P2/c1-9-61(6)47-39-31-22-18-16-14-12-13-15-17-19-24-34-42-50-67(72)80-56-66(87-70(75)53-45-37-28-26-30-38-46-60(4)5)59-85-89(78,79)83-55-64(71)54-82-88(76,77)84-58-65(57-81-68(73)51-43-35-29-27-33-41-49-63(8)11-3)86-69(74)52-44-36-25-21-20-23-32-40-48-62(7)10-2/h60-66,71H,9-59H2,1-8H3,(H,76,77)(H,78,79)/t61?,62?,63?,64-,65+,66+/m0/s1. The third-order valence-corrected chi connectivity index (χ3v) is 19.1. The Morgan fingerprint density at radius 1 is 0.315 bits per heavy atom. The number of aliphatic hydroxyl groups excluding tert-OH is 1. The van der Waals surface area contributed by atoms with Gasteiger partial charge in [-0.1, -0.05) is 293 Å². The van der Waals surface area contributed by atoms with Crippen molar-refractivity contribution in [1.29, 1.82) is 0 Å². The molecule has 3 N–H and O–H groups in total. The molecule has 0 aliphatic carbocycles. The Morgan fingerprint density at radius 2 is 0.539 bits per heavy atom. The van der Waals surface area contributed by atoms with E-state index in [1.807, 2.05) is 0 Å². The zero-order chi connectivity index (χ0) is 66.1. The fourth-order valence-electron chi connectivity index (χ4n) is 10.4. The molecule has 0 saturated carbocycles. The number of aliphatic hydroxyl groups is 1.